The molecule has 1 heterocycles. The van der Waals surface area contributed by atoms with Gasteiger partial charge in [0.2, 0.25) is 10.0 Å². The van der Waals surface area contributed by atoms with Crippen molar-refractivity contribution in [2.75, 3.05) is 27.2 Å². The molecule has 19 heavy (non-hydrogen) atoms. The van der Waals surface area contributed by atoms with Crippen molar-refractivity contribution in [2.45, 2.75) is 18.2 Å². The van der Waals surface area contributed by atoms with Gasteiger partial charge in [0.25, 0.3) is 0 Å². The van der Waals surface area contributed by atoms with Crippen molar-refractivity contribution in [3.05, 3.63) is 29.8 Å². The molecule has 1 aromatic rings. The first-order valence-electron chi connectivity index (χ1n) is 6.33. The molecule has 1 fully saturated rings. The number of ether oxygens (including phenoxy) is 1. The van der Waals surface area contributed by atoms with Crippen molar-refractivity contribution >= 4 is 10.0 Å². The Morgan fingerprint density at radius 1 is 1.37 bits per heavy atom. The van der Waals surface area contributed by atoms with E-state index in [9.17, 15) is 8.42 Å². The van der Waals surface area contributed by atoms with Crippen LogP contribution in [0.15, 0.2) is 24.3 Å². The first-order valence-corrected chi connectivity index (χ1v) is 7.87. The molecule has 0 aromatic heterocycles. The van der Waals surface area contributed by atoms with E-state index in [2.05, 4.69) is 9.62 Å². The molecule has 0 spiro atoms. The van der Waals surface area contributed by atoms with Crippen molar-refractivity contribution in [1.29, 1.82) is 0 Å². The van der Waals surface area contributed by atoms with Crippen LogP contribution in [0.3, 0.4) is 0 Å². The van der Waals surface area contributed by atoms with Crippen molar-refractivity contribution in [2.24, 2.45) is 0 Å². The molecule has 6 heteroatoms. The third-order valence-corrected chi connectivity index (χ3v) is 5.35. The summed E-state index contributed by atoms with van der Waals surface area (Å²) in [5, 5.41) is -0.296. The Hall–Kier alpha value is -1.11. The van der Waals surface area contributed by atoms with E-state index in [1.165, 1.54) is 12.6 Å². The van der Waals surface area contributed by atoms with Gasteiger partial charge in [-0.1, -0.05) is 12.1 Å². The van der Waals surface area contributed by atoms with E-state index in [0.29, 0.717) is 13.0 Å². The lowest BCUT2D eigenvalue weighted by atomic mass is 10.2. The minimum atomic E-state index is -3.15. The maximum atomic E-state index is 11.7. The Labute approximate surface area is 114 Å². The number of nitrogens with zero attached hydrogens (tertiary/aromatic N) is 1. The van der Waals surface area contributed by atoms with Gasteiger partial charge in [-0.15, -0.1) is 0 Å². The van der Waals surface area contributed by atoms with E-state index in [-0.39, 0.29) is 5.25 Å². The van der Waals surface area contributed by atoms with Crippen LogP contribution in [0.2, 0.25) is 0 Å². The second-order valence-corrected chi connectivity index (χ2v) is 6.91. The molecule has 0 amide bonds. The topological polar surface area (TPSA) is 58.6 Å². The predicted molar refractivity (Wildman–Crippen MR) is 74.7 cm³/mol. The molecule has 0 aliphatic carbocycles. The lowest BCUT2D eigenvalue weighted by Crippen LogP contribution is -2.34. The molecule has 1 saturated heterocycles. The van der Waals surface area contributed by atoms with Crippen LogP contribution in [-0.4, -0.2) is 45.8 Å². The van der Waals surface area contributed by atoms with Gasteiger partial charge in [-0.2, -0.15) is 0 Å². The van der Waals surface area contributed by atoms with Crippen molar-refractivity contribution in [3.63, 3.8) is 0 Å². The lowest BCUT2D eigenvalue weighted by Gasteiger charge is -2.16. The van der Waals surface area contributed by atoms with Gasteiger partial charge in [-0.3, -0.25) is 4.90 Å². The van der Waals surface area contributed by atoms with E-state index in [1.54, 1.807) is 7.11 Å². The number of nitrogens with one attached hydrogen (secondary N) is 1. The van der Waals surface area contributed by atoms with Crippen LogP contribution in [-0.2, 0) is 16.6 Å². The minimum absolute atomic E-state index is 0.296. The average molecular weight is 284 g/mol. The van der Waals surface area contributed by atoms with Crippen LogP contribution in [0.1, 0.15) is 12.0 Å². The largest absolute Gasteiger partial charge is 0.497 e. The maximum Gasteiger partial charge on any atom is 0.215 e. The summed E-state index contributed by atoms with van der Waals surface area (Å²) in [5.41, 5.74) is 1.17. The molecule has 0 unspecified atom stereocenters. The van der Waals surface area contributed by atoms with Crippen molar-refractivity contribution in [1.82, 2.24) is 9.62 Å². The van der Waals surface area contributed by atoms with Crippen LogP contribution in [0, 0.1) is 0 Å². The van der Waals surface area contributed by atoms with Crippen molar-refractivity contribution in [3.8, 4) is 5.75 Å². The molecule has 1 N–H and O–H groups in total. The summed E-state index contributed by atoms with van der Waals surface area (Å²) >= 11 is 0. The minimum Gasteiger partial charge on any atom is -0.497 e. The number of methoxy groups -OCH3 is 1. The zero-order chi connectivity index (χ0) is 13.9. The van der Waals surface area contributed by atoms with Gasteiger partial charge in [-0.25, -0.2) is 13.1 Å². The van der Waals surface area contributed by atoms with Gasteiger partial charge in [0.05, 0.1) is 12.4 Å². The highest BCUT2D eigenvalue weighted by molar-refractivity contribution is 7.90. The summed E-state index contributed by atoms with van der Waals surface area (Å²) in [6.07, 6.45) is 0.694. The predicted octanol–water partition coefficient (Wildman–Crippen LogP) is 0.819. The van der Waals surface area contributed by atoms with Gasteiger partial charge in [0.15, 0.2) is 0 Å². The van der Waals surface area contributed by atoms with E-state index in [4.69, 9.17) is 4.74 Å². The number of hydrogen-bond donors (Lipinski definition) is 1. The molecule has 1 atom stereocenters. The monoisotopic (exact) mass is 284 g/mol. The molecule has 0 bridgehead atoms. The molecule has 1 aromatic carbocycles. The maximum absolute atomic E-state index is 11.7. The molecule has 1 aliphatic heterocycles. The first kappa shape index (κ1) is 14.3. The van der Waals surface area contributed by atoms with E-state index in [0.717, 1.165) is 18.8 Å². The zero-order valence-corrected chi connectivity index (χ0v) is 12.1. The van der Waals surface area contributed by atoms with E-state index < -0.39 is 10.0 Å². The number of hydrogen-bond acceptors (Lipinski definition) is 4. The fraction of sp³-hybridized carbons (Fsp3) is 0.538. The van der Waals surface area contributed by atoms with Gasteiger partial charge >= 0.3 is 0 Å². The van der Waals surface area contributed by atoms with Gasteiger partial charge < -0.3 is 4.74 Å². The number of benzene rings is 1. The van der Waals surface area contributed by atoms with Crippen LogP contribution in [0.4, 0.5) is 0 Å². The fourth-order valence-corrected chi connectivity index (χ4v) is 3.51. The molecular weight excluding hydrogens is 264 g/mol. The Kier molecular flexibility index (Phi) is 4.44. The first-order chi connectivity index (χ1) is 9.05. The molecular formula is C13H20N2O3S. The highest BCUT2D eigenvalue weighted by Crippen LogP contribution is 2.19. The highest BCUT2D eigenvalue weighted by Gasteiger charge is 2.31. The van der Waals surface area contributed by atoms with Gasteiger partial charge in [-0.05, 0) is 37.7 Å². The third kappa shape index (κ3) is 3.46. The van der Waals surface area contributed by atoms with Crippen LogP contribution in [0.25, 0.3) is 0 Å². The SMILES string of the molecule is CNS(=O)(=O)[C@H]1CCN(Cc2ccc(OC)cc2)C1. The van der Waals surface area contributed by atoms with E-state index in [1.807, 2.05) is 24.3 Å². The Morgan fingerprint density at radius 3 is 2.63 bits per heavy atom. The smallest absolute Gasteiger partial charge is 0.215 e. The van der Waals surface area contributed by atoms with Crippen LogP contribution < -0.4 is 9.46 Å². The summed E-state index contributed by atoms with van der Waals surface area (Å²) in [6.45, 7) is 2.19. The Bertz CT molecular complexity index is 513. The summed E-state index contributed by atoms with van der Waals surface area (Å²) in [4.78, 5) is 2.17. The molecule has 2 rings (SSSR count). The number of sulfonamides is 1. The fourth-order valence-electron chi connectivity index (χ4n) is 2.35. The van der Waals surface area contributed by atoms with Gasteiger partial charge in [0.1, 0.15) is 5.75 Å². The number of likely N-dealkylation sites (tertiary alicyclic amines) is 1. The summed E-state index contributed by atoms with van der Waals surface area (Å²) in [7, 11) is -0.0302. The second kappa shape index (κ2) is 5.90. The molecule has 0 radical (unpaired) electrons. The van der Waals surface area contributed by atoms with Crippen LogP contribution >= 0.6 is 0 Å². The number of rotatable bonds is 5. The Morgan fingerprint density at radius 2 is 2.05 bits per heavy atom. The molecule has 0 saturated carbocycles. The standard InChI is InChI=1S/C13H20N2O3S/c1-14-19(16,17)13-7-8-15(10-13)9-11-3-5-12(18-2)6-4-11/h3-6,13-14H,7-10H2,1-2H3/t13-/m0/s1. The lowest BCUT2D eigenvalue weighted by molar-refractivity contribution is 0.331. The molecule has 1 aliphatic rings. The average Bonchev–Trinajstić information content (AvgIpc) is 2.89. The quantitative estimate of drug-likeness (QED) is 0.869. The third-order valence-electron chi connectivity index (χ3n) is 3.52. The summed E-state index contributed by atoms with van der Waals surface area (Å²) in [6, 6.07) is 7.87. The van der Waals surface area contributed by atoms with Crippen LogP contribution in [0.5, 0.6) is 5.75 Å². The second-order valence-electron chi connectivity index (χ2n) is 4.74. The normalized spacial score (nSPS) is 20.6. The summed E-state index contributed by atoms with van der Waals surface area (Å²) in [5.74, 6) is 0.834. The highest BCUT2D eigenvalue weighted by atomic mass is 32.2. The van der Waals surface area contributed by atoms with E-state index >= 15 is 0 Å². The zero-order valence-electron chi connectivity index (χ0n) is 11.3. The van der Waals surface area contributed by atoms with Crippen molar-refractivity contribution < 1.29 is 13.2 Å². The molecule has 106 valence electrons. The van der Waals surface area contributed by atoms with Gasteiger partial charge in [0, 0.05) is 13.1 Å². The molecule has 5 nitrogen and oxygen atoms in total. The summed E-state index contributed by atoms with van der Waals surface area (Å²) < 4.78 is 31.0. The Balaban J connectivity index is 1.94.